The summed E-state index contributed by atoms with van der Waals surface area (Å²) in [6, 6.07) is 0.454. The SMILES string of the molecule is CCC(CSC)N(C)c1ncc(CO)cn1. The fraction of sp³-hybridized carbons (Fsp3) is 0.636. The van der Waals surface area contributed by atoms with Gasteiger partial charge in [-0.15, -0.1) is 0 Å². The molecule has 0 aliphatic rings. The van der Waals surface area contributed by atoms with Gasteiger partial charge in [-0.05, 0) is 12.7 Å². The third kappa shape index (κ3) is 3.35. The van der Waals surface area contributed by atoms with Crippen molar-refractivity contribution >= 4 is 17.7 Å². The molecule has 0 radical (unpaired) electrons. The van der Waals surface area contributed by atoms with E-state index in [9.17, 15) is 0 Å². The van der Waals surface area contributed by atoms with Crippen molar-refractivity contribution in [3.8, 4) is 0 Å². The van der Waals surface area contributed by atoms with Crippen LogP contribution >= 0.6 is 11.8 Å². The molecule has 0 amide bonds. The maximum Gasteiger partial charge on any atom is 0.225 e. The van der Waals surface area contributed by atoms with E-state index in [0.717, 1.165) is 23.7 Å². The van der Waals surface area contributed by atoms with Crippen molar-refractivity contribution in [1.29, 1.82) is 0 Å². The number of nitrogens with zero attached hydrogens (tertiary/aromatic N) is 3. The molecule has 0 bridgehead atoms. The van der Waals surface area contributed by atoms with Crippen LogP contribution in [0.3, 0.4) is 0 Å². The van der Waals surface area contributed by atoms with Gasteiger partial charge in [0.05, 0.1) is 6.61 Å². The number of anilines is 1. The third-order valence-electron chi connectivity index (χ3n) is 2.57. The normalized spacial score (nSPS) is 12.5. The zero-order chi connectivity index (χ0) is 12.0. The molecular weight excluding hydrogens is 222 g/mol. The molecule has 1 unspecified atom stereocenters. The molecule has 1 aromatic rings. The molecule has 0 aliphatic carbocycles. The minimum Gasteiger partial charge on any atom is -0.392 e. The molecule has 1 atom stereocenters. The van der Waals surface area contributed by atoms with Gasteiger partial charge in [-0.2, -0.15) is 11.8 Å². The summed E-state index contributed by atoms with van der Waals surface area (Å²) in [5.41, 5.74) is 0.745. The lowest BCUT2D eigenvalue weighted by molar-refractivity contribution is 0.281. The largest absolute Gasteiger partial charge is 0.392 e. The van der Waals surface area contributed by atoms with Crippen LogP contribution in [0.15, 0.2) is 12.4 Å². The molecule has 1 aromatic heterocycles. The van der Waals surface area contributed by atoms with Crippen LogP contribution in [-0.2, 0) is 6.61 Å². The minimum absolute atomic E-state index is 0.00792. The Morgan fingerprint density at radius 1 is 1.44 bits per heavy atom. The molecule has 5 heteroatoms. The number of hydrogen-bond acceptors (Lipinski definition) is 5. The van der Waals surface area contributed by atoms with Crippen molar-refractivity contribution in [2.75, 3.05) is 24.0 Å². The maximum absolute atomic E-state index is 8.91. The summed E-state index contributed by atoms with van der Waals surface area (Å²) < 4.78 is 0. The molecule has 1 heterocycles. The first kappa shape index (κ1) is 13.3. The van der Waals surface area contributed by atoms with E-state index >= 15 is 0 Å². The molecule has 16 heavy (non-hydrogen) atoms. The highest BCUT2D eigenvalue weighted by Gasteiger charge is 2.14. The summed E-state index contributed by atoms with van der Waals surface area (Å²) in [5.74, 6) is 1.79. The molecule has 1 rings (SSSR count). The number of thioether (sulfide) groups is 1. The van der Waals surface area contributed by atoms with E-state index in [1.165, 1.54) is 0 Å². The van der Waals surface area contributed by atoms with Crippen LogP contribution in [0.2, 0.25) is 0 Å². The predicted molar refractivity (Wildman–Crippen MR) is 68.8 cm³/mol. The zero-order valence-corrected chi connectivity index (χ0v) is 10.9. The third-order valence-corrected chi connectivity index (χ3v) is 3.29. The monoisotopic (exact) mass is 241 g/mol. The van der Waals surface area contributed by atoms with Gasteiger partial charge in [-0.1, -0.05) is 6.92 Å². The predicted octanol–water partition coefficient (Wildman–Crippen LogP) is 1.55. The summed E-state index contributed by atoms with van der Waals surface area (Å²) in [7, 11) is 2.01. The zero-order valence-electron chi connectivity index (χ0n) is 10.1. The Morgan fingerprint density at radius 2 is 2.06 bits per heavy atom. The van der Waals surface area contributed by atoms with Crippen LogP contribution in [0, 0.1) is 0 Å². The number of hydrogen-bond donors (Lipinski definition) is 1. The van der Waals surface area contributed by atoms with Crippen LogP contribution in [0.5, 0.6) is 0 Å². The minimum atomic E-state index is -0.00792. The number of rotatable bonds is 6. The lowest BCUT2D eigenvalue weighted by Crippen LogP contribution is -2.34. The second-order valence-corrected chi connectivity index (χ2v) is 4.59. The fourth-order valence-electron chi connectivity index (χ4n) is 1.47. The van der Waals surface area contributed by atoms with Crippen molar-refractivity contribution in [3.05, 3.63) is 18.0 Å². The Kier molecular flexibility index (Phi) is 5.55. The lowest BCUT2D eigenvalue weighted by atomic mass is 10.2. The molecule has 1 N–H and O–H groups in total. The van der Waals surface area contributed by atoms with Gasteiger partial charge in [0, 0.05) is 36.8 Å². The van der Waals surface area contributed by atoms with Gasteiger partial charge in [0.25, 0.3) is 0 Å². The molecule has 90 valence electrons. The van der Waals surface area contributed by atoms with Crippen molar-refractivity contribution in [2.24, 2.45) is 0 Å². The Bertz CT molecular complexity index is 305. The second kappa shape index (κ2) is 6.70. The van der Waals surface area contributed by atoms with Crippen molar-refractivity contribution in [2.45, 2.75) is 26.0 Å². The highest BCUT2D eigenvalue weighted by molar-refractivity contribution is 7.98. The van der Waals surface area contributed by atoms with E-state index in [-0.39, 0.29) is 6.61 Å². The number of aliphatic hydroxyl groups excluding tert-OH is 1. The first-order valence-corrected chi connectivity index (χ1v) is 6.75. The summed E-state index contributed by atoms with van der Waals surface area (Å²) in [5, 5.41) is 8.91. The molecule has 4 nitrogen and oxygen atoms in total. The molecule has 0 aromatic carbocycles. The van der Waals surface area contributed by atoms with Gasteiger partial charge in [-0.3, -0.25) is 0 Å². The average molecular weight is 241 g/mol. The Hall–Kier alpha value is -0.810. The molecule has 0 spiro atoms. The summed E-state index contributed by atoms with van der Waals surface area (Å²) in [4.78, 5) is 10.6. The highest BCUT2D eigenvalue weighted by atomic mass is 32.2. The van der Waals surface area contributed by atoms with Gasteiger partial charge in [0.1, 0.15) is 0 Å². The van der Waals surface area contributed by atoms with Gasteiger partial charge >= 0.3 is 0 Å². The van der Waals surface area contributed by atoms with Crippen LogP contribution in [0.25, 0.3) is 0 Å². The van der Waals surface area contributed by atoms with Gasteiger partial charge in [0.15, 0.2) is 0 Å². The first-order valence-electron chi connectivity index (χ1n) is 5.36. The second-order valence-electron chi connectivity index (χ2n) is 3.68. The summed E-state index contributed by atoms with van der Waals surface area (Å²) in [6.45, 7) is 2.16. The molecule has 0 saturated carbocycles. The Labute approximate surface area is 101 Å². The molecule has 0 saturated heterocycles. The highest BCUT2D eigenvalue weighted by Crippen LogP contribution is 2.14. The lowest BCUT2D eigenvalue weighted by Gasteiger charge is -2.26. The quantitative estimate of drug-likeness (QED) is 0.819. The van der Waals surface area contributed by atoms with Crippen LogP contribution < -0.4 is 4.90 Å². The maximum atomic E-state index is 8.91. The van der Waals surface area contributed by atoms with Gasteiger partial charge in [0.2, 0.25) is 5.95 Å². The van der Waals surface area contributed by atoms with Crippen molar-refractivity contribution in [3.63, 3.8) is 0 Å². The van der Waals surface area contributed by atoms with Crippen molar-refractivity contribution < 1.29 is 5.11 Å². The van der Waals surface area contributed by atoms with Crippen LogP contribution in [0.4, 0.5) is 5.95 Å². The first-order chi connectivity index (χ1) is 7.72. The molecule has 0 fully saturated rings. The standard InChI is InChI=1S/C11H19N3OS/c1-4-10(8-16-3)14(2)11-12-5-9(7-15)6-13-11/h5-6,10,15H,4,7-8H2,1-3H3. The van der Waals surface area contributed by atoms with E-state index in [1.54, 1.807) is 12.4 Å². The summed E-state index contributed by atoms with van der Waals surface area (Å²) in [6.07, 6.45) is 6.52. The van der Waals surface area contributed by atoms with E-state index in [0.29, 0.717) is 6.04 Å². The topological polar surface area (TPSA) is 49.2 Å². The van der Waals surface area contributed by atoms with Crippen LogP contribution in [-0.4, -0.2) is 40.2 Å². The summed E-state index contributed by atoms with van der Waals surface area (Å²) >= 11 is 1.83. The number of aromatic nitrogens is 2. The molecular formula is C11H19N3OS. The Balaban J connectivity index is 2.73. The van der Waals surface area contributed by atoms with Gasteiger partial charge in [-0.25, -0.2) is 9.97 Å². The van der Waals surface area contributed by atoms with E-state index in [1.807, 2.05) is 18.8 Å². The van der Waals surface area contributed by atoms with E-state index in [2.05, 4.69) is 28.0 Å². The number of aliphatic hydroxyl groups is 1. The van der Waals surface area contributed by atoms with Crippen molar-refractivity contribution in [1.82, 2.24) is 9.97 Å². The Morgan fingerprint density at radius 3 is 2.50 bits per heavy atom. The van der Waals surface area contributed by atoms with E-state index in [4.69, 9.17) is 5.11 Å². The average Bonchev–Trinajstić information content (AvgIpc) is 2.35. The molecule has 0 aliphatic heterocycles. The van der Waals surface area contributed by atoms with Gasteiger partial charge < -0.3 is 10.0 Å². The van der Waals surface area contributed by atoms with E-state index < -0.39 is 0 Å². The smallest absolute Gasteiger partial charge is 0.225 e. The van der Waals surface area contributed by atoms with Crippen LogP contribution in [0.1, 0.15) is 18.9 Å². The fourth-order valence-corrected chi connectivity index (χ4v) is 2.32.